The lowest BCUT2D eigenvalue weighted by molar-refractivity contribution is 0.0905. The van der Waals surface area contributed by atoms with E-state index in [1.54, 1.807) is 12.1 Å². The molecule has 2 fully saturated rings. The van der Waals surface area contributed by atoms with Gasteiger partial charge >= 0.3 is 0 Å². The Morgan fingerprint density at radius 1 is 1.08 bits per heavy atom. The third kappa shape index (κ3) is 2.19. The molecule has 124 valence electrons. The highest BCUT2D eigenvalue weighted by atomic mass is 16.1. The Bertz CT molecular complexity index is 708. The number of rotatable bonds is 2. The largest absolute Gasteiger partial charge is 0.294 e. The smallest absolute Gasteiger partial charge is 0.169 e. The number of benzene rings is 1. The molecule has 1 aromatic carbocycles. The van der Waals surface area contributed by atoms with Crippen molar-refractivity contribution >= 4 is 5.78 Å². The zero-order valence-corrected chi connectivity index (χ0v) is 14.7. The molecule has 3 rings (SSSR count). The second-order valence-electron chi connectivity index (χ2n) is 8.49. The van der Waals surface area contributed by atoms with Crippen LogP contribution < -0.4 is 0 Å². The molecular formula is C21H24N2O. The van der Waals surface area contributed by atoms with Crippen molar-refractivity contribution in [1.29, 1.82) is 10.5 Å². The van der Waals surface area contributed by atoms with Crippen molar-refractivity contribution in [1.82, 2.24) is 0 Å². The van der Waals surface area contributed by atoms with Crippen molar-refractivity contribution in [2.45, 2.75) is 46.5 Å². The van der Waals surface area contributed by atoms with Gasteiger partial charge in [0.05, 0.1) is 18.1 Å². The van der Waals surface area contributed by atoms with Crippen molar-refractivity contribution < 1.29 is 4.79 Å². The SMILES string of the molecule is CC(C)(C)C1CCC2(CC1)[C@@H](C(=O)c1ccccc1)C2(C#N)C#N. The Hall–Kier alpha value is -2.13. The van der Waals surface area contributed by atoms with Crippen molar-refractivity contribution in [3.63, 3.8) is 0 Å². The standard InChI is InChI=1S/C21H24N2O/c1-19(2,3)16-9-11-20(12-10-16)18(21(20,13-22)14-23)17(24)15-7-5-4-6-8-15/h4-8,16,18H,9-12H2,1-3H3/t16?,18-,20?/m1/s1. The van der Waals surface area contributed by atoms with Crippen LogP contribution >= 0.6 is 0 Å². The first-order valence-electron chi connectivity index (χ1n) is 8.74. The summed E-state index contributed by atoms with van der Waals surface area (Å²) in [5.74, 6) is 0.0857. The number of hydrogen-bond acceptors (Lipinski definition) is 3. The molecule has 1 spiro atoms. The molecule has 3 nitrogen and oxygen atoms in total. The molecule has 1 aromatic rings. The van der Waals surface area contributed by atoms with Crippen LogP contribution in [0.25, 0.3) is 0 Å². The van der Waals surface area contributed by atoms with E-state index in [1.807, 2.05) is 18.2 Å². The fraction of sp³-hybridized carbons (Fsp3) is 0.571. The molecule has 0 aliphatic heterocycles. The predicted octanol–water partition coefficient (Wildman–Crippen LogP) is 4.76. The third-order valence-corrected chi connectivity index (χ3v) is 6.46. The molecular weight excluding hydrogens is 296 g/mol. The average molecular weight is 320 g/mol. The van der Waals surface area contributed by atoms with Crippen molar-refractivity contribution in [2.75, 3.05) is 0 Å². The van der Waals surface area contributed by atoms with Gasteiger partial charge in [0, 0.05) is 11.0 Å². The van der Waals surface area contributed by atoms with Crippen molar-refractivity contribution in [3.8, 4) is 12.1 Å². The quantitative estimate of drug-likeness (QED) is 0.738. The van der Waals surface area contributed by atoms with Crippen LogP contribution in [0.15, 0.2) is 30.3 Å². The summed E-state index contributed by atoms with van der Waals surface area (Å²) in [4.78, 5) is 13.0. The molecule has 2 aliphatic rings. The van der Waals surface area contributed by atoms with Gasteiger partial charge in [-0.1, -0.05) is 51.1 Å². The molecule has 0 aromatic heterocycles. The minimum Gasteiger partial charge on any atom is -0.294 e. The second-order valence-corrected chi connectivity index (χ2v) is 8.49. The Kier molecular flexibility index (Phi) is 3.80. The Balaban J connectivity index is 1.90. The number of carbonyl (C=O) groups is 1. The van der Waals surface area contributed by atoms with Gasteiger partial charge in [0.1, 0.15) is 0 Å². The first kappa shape index (κ1) is 16.7. The van der Waals surface area contributed by atoms with E-state index in [0.29, 0.717) is 11.5 Å². The molecule has 1 atom stereocenters. The van der Waals surface area contributed by atoms with Crippen molar-refractivity contribution in [3.05, 3.63) is 35.9 Å². The Morgan fingerprint density at radius 3 is 2.08 bits per heavy atom. The van der Waals surface area contributed by atoms with E-state index in [9.17, 15) is 15.3 Å². The maximum Gasteiger partial charge on any atom is 0.169 e. The van der Waals surface area contributed by atoms with Crippen LogP contribution in [0.4, 0.5) is 0 Å². The number of hydrogen-bond donors (Lipinski definition) is 0. The van der Waals surface area contributed by atoms with Gasteiger partial charge < -0.3 is 0 Å². The second kappa shape index (κ2) is 5.45. The summed E-state index contributed by atoms with van der Waals surface area (Å²) in [5.41, 5.74) is -0.724. The lowest BCUT2D eigenvalue weighted by atomic mass is 9.67. The minimum atomic E-state index is -1.14. The van der Waals surface area contributed by atoms with E-state index < -0.39 is 16.7 Å². The van der Waals surface area contributed by atoms with Crippen LogP contribution in [0.5, 0.6) is 0 Å². The van der Waals surface area contributed by atoms with Crippen molar-refractivity contribution in [2.24, 2.45) is 28.1 Å². The molecule has 2 saturated carbocycles. The van der Waals surface area contributed by atoms with Crippen LogP contribution in [0.3, 0.4) is 0 Å². The zero-order chi connectivity index (χ0) is 17.6. The molecule has 0 heterocycles. The molecule has 2 aliphatic carbocycles. The fourth-order valence-corrected chi connectivity index (χ4v) is 4.87. The maximum atomic E-state index is 13.0. The lowest BCUT2D eigenvalue weighted by Gasteiger charge is -2.38. The summed E-state index contributed by atoms with van der Waals surface area (Å²) in [5, 5.41) is 19.5. The maximum absolute atomic E-state index is 13.0. The number of nitrogens with zero attached hydrogens (tertiary/aromatic N) is 2. The Morgan fingerprint density at radius 2 is 1.62 bits per heavy atom. The molecule has 3 heteroatoms. The summed E-state index contributed by atoms with van der Waals surface area (Å²) in [6.45, 7) is 6.74. The minimum absolute atomic E-state index is 0.0343. The van der Waals surface area contributed by atoms with E-state index in [-0.39, 0.29) is 11.2 Å². The zero-order valence-electron chi connectivity index (χ0n) is 14.7. The highest BCUT2D eigenvalue weighted by Gasteiger charge is 2.80. The van der Waals surface area contributed by atoms with E-state index in [2.05, 4.69) is 32.9 Å². The van der Waals surface area contributed by atoms with Gasteiger partial charge in [-0.2, -0.15) is 10.5 Å². The number of ketones is 1. The van der Waals surface area contributed by atoms with Crippen LogP contribution in [-0.2, 0) is 0 Å². The predicted molar refractivity (Wildman–Crippen MR) is 91.8 cm³/mol. The number of Topliss-reactive ketones (excluding diaryl/α,β-unsaturated/α-hetero) is 1. The van der Waals surface area contributed by atoms with E-state index in [1.165, 1.54) is 0 Å². The molecule has 0 N–H and O–H groups in total. The molecule has 0 bridgehead atoms. The molecule has 0 unspecified atom stereocenters. The fourth-order valence-electron chi connectivity index (χ4n) is 4.87. The van der Waals surface area contributed by atoms with Gasteiger partial charge in [-0.15, -0.1) is 0 Å². The van der Waals surface area contributed by atoms with Crippen LogP contribution in [0.2, 0.25) is 0 Å². The topological polar surface area (TPSA) is 64.7 Å². The normalized spacial score (nSPS) is 31.0. The van der Waals surface area contributed by atoms with Crippen LogP contribution in [0.1, 0.15) is 56.8 Å². The monoisotopic (exact) mass is 320 g/mol. The highest BCUT2D eigenvalue weighted by Crippen LogP contribution is 2.76. The molecule has 0 amide bonds. The van der Waals surface area contributed by atoms with Gasteiger partial charge in [-0.3, -0.25) is 4.79 Å². The number of nitriles is 2. The first-order valence-corrected chi connectivity index (χ1v) is 8.74. The molecule has 24 heavy (non-hydrogen) atoms. The van der Waals surface area contributed by atoms with E-state index in [4.69, 9.17) is 0 Å². The number of carbonyl (C=O) groups excluding carboxylic acids is 1. The summed E-state index contributed by atoms with van der Waals surface area (Å²) < 4.78 is 0. The Labute approximate surface area is 144 Å². The molecule has 0 saturated heterocycles. The average Bonchev–Trinajstić information content (AvgIpc) is 3.15. The van der Waals surface area contributed by atoms with Crippen LogP contribution in [-0.4, -0.2) is 5.78 Å². The van der Waals surface area contributed by atoms with Gasteiger partial charge in [-0.05, 0) is 37.0 Å². The third-order valence-electron chi connectivity index (χ3n) is 6.46. The van der Waals surface area contributed by atoms with Gasteiger partial charge in [-0.25, -0.2) is 0 Å². The first-order chi connectivity index (χ1) is 11.3. The van der Waals surface area contributed by atoms with Gasteiger partial charge in [0.2, 0.25) is 0 Å². The summed E-state index contributed by atoms with van der Waals surface area (Å²) >= 11 is 0. The molecule has 0 radical (unpaired) electrons. The van der Waals surface area contributed by atoms with Crippen LogP contribution in [0, 0.1) is 50.7 Å². The van der Waals surface area contributed by atoms with Gasteiger partial charge in [0.15, 0.2) is 11.2 Å². The van der Waals surface area contributed by atoms with Gasteiger partial charge in [0.25, 0.3) is 0 Å². The summed E-state index contributed by atoms with van der Waals surface area (Å²) in [7, 11) is 0. The highest BCUT2D eigenvalue weighted by molar-refractivity contribution is 6.02. The lowest BCUT2D eigenvalue weighted by Crippen LogP contribution is -2.29. The summed E-state index contributed by atoms with van der Waals surface area (Å²) in [6, 6.07) is 13.6. The van der Waals surface area contributed by atoms with E-state index >= 15 is 0 Å². The summed E-state index contributed by atoms with van der Waals surface area (Å²) in [6.07, 6.45) is 3.60. The van der Waals surface area contributed by atoms with E-state index in [0.717, 1.165) is 25.7 Å².